The van der Waals surface area contributed by atoms with Crippen LogP contribution >= 0.6 is 0 Å². The SMILES string of the molecule is CC(C)(C)OC(=O)NCCc1cn(C(=O)c2ccccc2C#N)c2ccccc12. The van der Waals surface area contributed by atoms with Gasteiger partial charge in [0.05, 0.1) is 22.7 Å². The van der Waals surface area contributed by atoms with Crippen molar-refractivity contribution in [3.8, 4) is 6.07 Å². The first-order chi connectivity index (χ1) is 13.8. The van der Waals surface area contributed by atoms with Crippen LogP contribution in [0.4, 0.5) is 4.79 Å². The van der Waals surface area contributed by atoms with Crippen LogP contribution in [0.15, 0.2) is 54.7 Å². The van der Waals surface area contributed by atoms with Crippen LogP contribution in [0.25, 0.3) is 10.9 Å². The average Bonchev–Trinajstić information content (AvgIpc) is 3.05. The maximum atomic E-state index is 13.1. The van der Waals surface area contributed by atoms with Crippen molar-refractivity contribution in [3.63, 3.8) is 0 Å². The Labute approximate surface area is 169 Å². The minimum absolute atomic E-state index is 0.260. The molecule has 0 bridgehead atoms. The van der Waals surface area contributed by atoms with Gasteiger partial charge >= 0.3 is 6.09 Å². The standard InChI is InChI=1S/C23H23N3O3/c1-23(2,3)29-22(28)25-13-12-17-15-26(20-11-7-6-9-18(17)20)21(27)19-10-5-4-8-16(19)14-24/h4-11,15H,12-13H2,1-3H3,(H,25,28). The number of hydrogen-bond acceptors (Lipinski definition) is 4. The average molecular weight is 389 g/mol. The molecule has 2 aromatic carbocycles. The van der Waals surface area contributed by atoms with Crippen molar-refractivity contribution in [3.05, 3.63) is 71.4 Å². The molecule has 1 aromatic heterocycles. The van der Waals surface area contributed by atoms with Crippen LogP contribution in [0.1, 0.15) is 42.3 Å². The zero-order valence-corrected chi connectivity index (χ0v) is 16.7. The molecule has 6 heteroatoms. The van der Waals surface area contributed by atoms with Gasteiger partial charge in [-0.2, -0.15) is 5.26 Å². The fourth-order valence-corrected chi connectivity index (χ4v) is 3.13. The number of amides is 1. The quantitative estimate of drug-likeness (QED) is 0.722. The summed E-state index contributed by atoms with van der Waals surface area (Å²) in [6.07, 6.45) is 1.85. The molecule has 1 heterocycles. The van der Waals surface area contributed by atoms with E-state index in [4.69, 9.17) is 4.74 Å². The molecule has 3 rings (SSSR count). The van der Waals surface area contributed by atoms with Gasteiger partial charge in [-0.1, -0.05) is 30.3 Å². The number of para-hydroxylation sites is 1. The number of rotatable bonds is 4. The molecular weight excluding hydrogens is 366 g/mol. The molecule has 29 heavy (non-hydrogen) atoms. The number of hydrogen-bond donors (Lipinski definition) is 1. The number of ether oxygens (including phenoxy) is 1. The van der Waals surface area contributed by atoms with Crippen molar-refractivity contribution < 1.29 is 14.3 Å². The largest absolute Gasteiger partial charge is 0.444 e. The topological polar surface area (TPSA) is 84.1 Å². The third-order valence-electron chi connectivity index (χ3n) is 4.35. The molecule has 0 aliphatic carbocycles. The number of carbonyl (C=O) groups is 2. The summed E-state index contributed by atoms with van der Waals surface area (Å²) in [6.45, 7) is 5.81. The van der Waals surface area contributed by atoms with Crippen LogP contribution in [0.5, 0.6) is 0 Å². The van der Waals surface area contributed by atoms with E-state index < -0.39 is 11.7 Å². The monoisotopic (exact) mass is 389 g/mol. The number of nitriles is 1. The normalized spacial score (nSPS) is 11.1. The highest BCUT2D eigenvalue weighted by Crippen LogP contribution is 2.23. The Balaban J connectivity index is 1.85. The van der Waals surface area contributed by atoms with Crippen LogP contribution < -0.4 is 5.32 Å². The van der Waals surface area contributed by atoms with Crippen molar-refractivity contribution in [1.29, 1.82) is 5.26 Å². The van der Waals surface area contributed by atoms with Crippen molar-refractivity contribution in [2.75, 3.05) is 6.54 Å². The first kappa shape index (κ1) is 20.2. The molecule has 1 amide bonds. The van der Waals surface area contributed by atoms with Gasteiger partial charge in [0, 0.05) is 18.1 Å². The van der Waals surface area contributed by atoms with Gasteiger partial charge in [0.25, 0.3) is 5.91 Å². The van der Waals surface area contributed by atoms with E-state index >= 15 is 0 Å². The summed E-state index contributed by atoms with van der Waals surface area (Å²) < 4.78 is 6.81. The summed E-state index contributed by atoms with van der Waals surface area (Å²) in [6, 6.07) is 16.4. The highest BCUT2D eigenvalue weighted by atomic mass is 16.6. The second-order valence-corrected chi connectivity index (χ2v) is 7.68. The van der Waals surface area contributed by atoms with Crippen LogP contribution in [0, 0.1) is 11.3 Å². The molecule has 148 valence electrons. The summed E-state index contributed by atoms with van der Waals surface area (Å²) in [5, 5.41) is 13.0. The smallest absolute Gasteiger partial charge is 0.407 e. The summed E-state index contributed by atoms with van der Waals surface area (Å²) in [4.78, 5) is 25.0. The van der Waals surface area contributed by atoms with E-state index in [9.17, 15) is 14.9 Å². The van der Waals surface area contributed by atoms with Gasteiger partial charge in [0.2, 0.25) is 0 Å². The van der Waals surface area contributed by atoms with Crippen molar-refractivity contribution >= 4 is 22.9 Å². The van der Waals surface area contributed by atoms with E-state index in [-0.39, 0.29) is 5.91 Å². The molecule has 3 aromatic rings. The van der Waals surface area contributed by atoms with E-state index in [1.165, 1.54) is 0 Å². The molecule has 0 spiro atoms. The number of nitrogens with one attached hydrogen (secondary N) is 1. The fourth-order valence-electron chi connectivity index (χ4n) is 3.13. The Bertz CT molecular complexity index is 1100. The summed E-state index contributed by atoms with van der Waals surface area (Å²) >= 11 is 0. The van der Waals surface area contributed by atoms with Crippen LogP contribution in [-0.2, 0) is 11.2 Å². The third kappa shape index (κ3) is 4.64. The molecule has 0 atom stereocenters. The predicted molar refractivity (Wildman–Crippen MR) is 111 cm³/mol. The van der Waals surface area contributed by atoms with Crippen LogP contribution in [-0.4, -0.2) is 28.7 Å². The third-order valence-corrected chi connectivity index (χ3v) is 4.35. The lowest BCUT2D eigenvalue weighted by Gasteiger charge is -2.19. The first-order valence-electron chi connectivity index (χ1n) is 9.40. The molecule has 6 nitrogen and oxygen atoms in total. The summed E-state index contributed by atoms with van der Waals surface area (Å²) in [5.74, 6) is -0.260. The Morgan fingerprint density at radius 1 is 1.10 bits per heavy atom. The van der Waals surface area contributed by atoms with E-state index in [0.29, 0.717) is 24.1 Å². The molecule has 0 aliphatic rings. The van der Waals surface area contributed by atoms with Gasteiger partial charge < -0.3 is 10.1 Å². The Morgan fingerprint density at radius 2 is 1.79 bits per heavy atom. The lowest BCUT2D eigenvalue weighted by atomic mass is 10.1. The minimum Gasteiger partial charge on any atom is -0.444 e. The molecule has 0 fully saturated rings. The lowest BCUT2D eigenvalue weighted by Crippen LogP contribution is -2.33. The molecule has 0 aliphatic heterocycles. The van der Waals surface area contributed by atoms with E-state index in [1.54, 1.807) is 35.0 Å². The van der Waals surface area contributed by atoms with Crippen LogP contribution in [0.3, 0.4) is 0 Å². The van der Waals surface area contributed by atoms with E-state index in [0.717, 1.165) is 16.5 Å². The lowest BCUT2D eigenvalue weighted by molar-refractivity contribution is 0.0528. The fraction of sp³-hybridized carbons (Fsp3) is 0.261. The highest BCUT2D eigenvalue weighted by Gasteiger charge is 2.18. The zero-order chi connectivity index (χ0) is 21.0. The van der Waals surface area contributed by atoms with E-state index in [2.05, 4.69) is 11.4 Å². The van der Waals surface area contributed by atoms with Crippen molar-refractivity contribution in [2.45, 2.75) is 32.8 Å². The van der Waals surface area contributed by atoms with Crippen LogP contribution in [0.2, 0.25) is 0 Å². The maximum absolute atomic E-state index is 13.1. The Morgan fingerprint density at radius 3 is 2.52 bits per heavy atom. The zero-order valence-electron chi connectivity index (χ0n) is 16.7. The van der Waals surface area contributed by atoms with Gasteiger partial charge in [0.1, 0.15) is 5.60 Å². The van der Waals surface area contributed by atoms with E-state index in [1.807, 2.05) is 45.0 Å². The number of carbonyl (C=O) groups excluding carboxylic acids is 2. The predicted octanol–water partition coefficient (Wildman–Crippen LogP) is 4.27. The Hall–Kier alpha value is -3.59. The van der Waals surface area contributed by atoms with Gasteiger partial charge in [-0.15, -0.1) is 0 Å². The molecule has 0 saturated heterocycles. The number of fused-ring (bicyclic) bond motifs is 1. The molecule has 0 saturated carbocycles. The summed E-state index contributed by atoms with van der Waals surface area (Å²) in [7, 11) is 0. The molecule has 1 N–H and O–H groups in total. The Kier molecular flexibility index (Phi) is 5.69. The molecule has 0 radical (unpaired) electrons. The second kappa shape index (κ2) is 8.19. The van der Waals surface area contributed by atoms with Gasteiger partial charge in [-0.3, -0.25) is 9.36 Å². The van der Waals surface area contributed by atoms with Crippen molar-refractivity contribution in [1.82, 2.24) is 9.88 Å². The minimum atomic E-state index is -0.555. The number of alkyl carbamates (subject to hydrolysis) is 1. The number of nitrogens with zero attached hydrogens (tertiary/aromatic N) is 2. The molecule has 0 unspecified atom stereocenters. The number of benzene rings is 2. The maximum Gasteiger partial charge on any atom is 0.407 e. The highest BCUT2D eigenvalue weighted by molar-refractivity contribution is 6.04. The first-order valence-corrected chi connectivity index (χ1v) is 9.40. The van der Waals surface area contributed by atoms with Gasteiger partial charge in [-0.05, 0) is 51.0 Å². The van der Waals surface area contributed by atoms with Crippen molar-refractivity contribution in [2.24, 2.45) is 0 Å². The molecular formula is C23H23N3O3. The second-order valence-electron chi connectivity index (χ2n) is 7.68. The van der Waals surface area contributed by atoms with Gasteiger partial charge in [0.15, 0.2) is 0 Å². The number of aromatic nitrogens is 1. The van der Waals surface area contributed by atoms with Gasteiger partial charge in [-0.25, -0.2) is 4.79 Å². The summed E-state index contributed by atoms with van der Waals surface area (Å²) in [5.41, 5.74) is 1.83.